The molecule has 0 bridgehead atoms. The number of phenolic OH excluding ortho intramolecular Hbond substituents is 1. The van der Waals surface area contributed by atoms with Crippen molar-refractivity contribution >= 4 is 39.1 Å². The smallest absolute Gasteiger partial charge is 0.417 e. The number of phenols is 1. The van der Waals surface area contributed by atoms with Crippen molar-refractivity contribution in [2.45, 2.75) is 36.7 Å². The molecule has 3 fully saturated rings. The van der Waals surface area contributed by atoms with E-state index in [1.807, 2.05) is 0 Å². The molecule has 13 nitrogen and oxygen atoms in total. The number of fused-ring (bicyclic) bond motifs is 3. The van der Waals surface area contributed by atoms with E-state index in [0.29, 0.717) is 0 Å². The second-order valence-electron chi connectivity index (χ2n) is 12.6. The van der Waals surface area contributed by atoms with Crippen LogP contribution in [0.1, 0.15) is 39.5 Å². The number of nitrogens with zero attached hydrogens (tertiary/aromatic N) is 3. The molecule has 2 saturated carbocycles. The summed E-state index contributed by atoms with van der Waals surface area (Å²) >= 11 is 0. The molecule has 3 aliphatic carbocycles. The summed E-state index contributed by atoms with van der Waals surface area (Å²) in [4.78, 5) is 69.3. The van der Waals surface area contributed by atoms with Crippen molar-refractivity contribution in [1.82, 2.24) is 14.1 Å². The summed E-state index contributed by atoms with van der Waals surface area (Å²) < 4.78 is 70.4. The number of alkyl halides is 3. The van der Waals surface area contributed by atoms with Crippen molar-refractivity contribution in [3.63, 3.8) is 0 Å². The number of hydrogen-bond donors (Lipinski definition) is 3. The second kappa shape index (κ2) is 10.7. The molecular weight excluding hydrogens is 625 g/mol. The van der Waals surface area contributed by atoms with Crippen molar-refractivity contribution in [2.75, 3.05) is 47.0 Å². The predicted molar refractivity (Wildman–Crippen MR) is 148 cm³/mol. The normalized spacial score (nSPS) is 33.2. The third-order valence-electron chi connectivity index (χ3n) is 9.82. The lowest BCUT2D eigenvalue weighted by atomic mass is 9.52. The Balaban J connectivity index is 1.68. The average Bonchev–Trinajstić information content (AvgIpc) is 2.88. The van der Waals surface area contributed by atoms with Gasteiger partial charge in [-0.2, -0.15) is 17.5 Å². The molecule has 4 aliphatic rings. The number of rotatable bonds is 4. The van der Waals surface area contributed by atoms with Gasteiger partial charge in [-0.1, -0.05) is 0 Å². The van der Waals surface area contributed by atoms with E-state index < -0.39 is 127 Å². The highest BCUT2D eigenvalue weighted by atomic mass is 32.2. The Morgan fingerprint density at radius 1 is 1.13 bits per heavy atom. The fourth-order valence-electron chi connectivity index (χ4n) is 7.79. The highest BCUT2D eigenvalue weighted by Gasteiger charge is 2.69. The fourth-order valence-corrected chi connectivity index (χ4v) is 8.62. The van der Waals surface area contributed by atoms with Crippen LogP contribution in [-0.2, 0) is 41.8 Å². The lowest BCUT2D eigenvalue weighted by Gasteiger charge is -2.52. The molecule has 1 amide bonds. The maximum absolute atomic E-state index is 14.9. The Bertz CT molecular complexity index is 1650. The Morgan fingerprint density at radius 3 is 2.29 bits per heavy atom. The number of ketones is 4. The number of hydrogen-bond acceptors (Lipinski definition) is 11. The lowest BCUT2D eigenvalue weighted by Crippen LogP contribution is -2.74. The van der Waals surface area contributed by atoms with Gasteiger partial charge in [-0.25, -0.2) is 8.42 Å². The van der Waals surface area contributed by atoms with Crippen molar-refractivity contribution < 1.29 is 55.8 Å². The number of sulfonamides is 1. The van der Waals surface area contributed by atoms with E-state index in [1.165, 1.54) is 30.9 Å². The number of carbonyl (C=O) groups is 5. The van der Waals surface area contributed by atoms with E-state index in [2.05, 4.69) is 0 Å². The Morgan fingerprint density at radius 2 is 1.76 bits per heavy atom. The summed E-state index contributed by atoms with van der Waals surface area (Å²) in [5, 5.41) is 22.7. The van der Waals surface area contributed by atoms with Crippen LogP contribution in [0.5, 0.6) is 5.75 Å². The van der Waals surface area contributed by atoms with Crippen LogP contribution in [-0.4, -0.2) is 120 Å². The largest absolute Gasteiger partial charge is 0.507 e. The summed E-state index contributed by atoms with van der Waals surface area (Å²) in [5.41, 5.74) is -0.838. The van der Waals surface area contributed by atoms with Crippen molar-refractivity contribution in [1.29, 1.82) is 0 Å². The number of amides is 1. The highest BCUT2D eigenvalue weighted by molar-refractivity contribution is 7.88. The minimum absolute atomic E-state index is 0.0276. The highest BCUT2D eigenvalue weighted by Crippen LogP contribution is 2.53. The third kappa shape index (κ3) is 4.90. The average molecular weight is 659 g/mol. The summed E-state index contributed by atoms with van der Waals surface area (Å²) in [7, 11) is 0.496. The summed E-state index contributed by atoms with van der Waals surface area (Å²) in [5.74, 6) is -14.1. The fraction of sp³-hybridized carbons (Fsp3) is 0.607. The number of benzene rings is 1. The SMILES string of the molecule is CN(C)C1C(=O)C(C(N)=O)C(=O)C2(O)C(=O)C3C(=O)c4c(O)cc(C5CN(S(C)(=O)=O)CCN5C)c(C(F)(F)F)c4CC3CC12. The molecule has 0 aromatic heterocycles. The number of halogens is 3. The quantitative estimate of drug-likeness (QED) is 0.341. The zero-order chi connectivity index (χ0) is 33.7. The standard InChI is InChI=1S/C28H33F3N4O9S/c1-33(2)21-14-8-11-7-13-18(22(37)17(11)24(39)27(14,42)25(40)19(23(21)38)26(32)41)16(36)9-12(20(13)28(29,30)31)15-10-35(45(4,43)44)6-5-34(15)3/h9,11,14-15,17,19,21,36,42H,5-8,10H2,1-4H3,(H2,32,41). The van der Waals surface area contributed by atoms with Gasteiger partial charge < -0.3 is 15.9 Å². The first kappa shape index (κ1) is 33.1. The number of aliphatic hydroxyl groups is 1. The number of nitrogens with two attached hydrogens (primary N) is 1. The van der Waals surface area contributed by atoms with Crippen LogP contribution in [0.15, 0.2) is 6.07 Å². The molecule has 1 aromatic carbocycles. The second-order valence-corrected chi connectivity index (χ2v) is 14.6. The van der Waals surface area contributed by atoms with Crippen LogP contribution in [0.3, 0.4) is 0 Å². The molecule has 45 heavy (non-hydrogen) atoms. The van der Waals surface area contributed by atoms with Crippen LogP contribution in [0.4, 0.5) is 13.2 Å². The number of Topliss-reactive ketones (excluding diaryl/α,β-unsaturated/α-hetero) is 4. The number of aromatic hydroxyl groups is 1. The zero-order valence-electron chi connectivity index (χ0n) is 24.8. The monoisotopic (exact) mass is 658 g/mol. The van der Waals surface area contributed by atoms with E-state index in [9.17, 15) is 55.8 Å². The predicted octanol–water partition coefficient (Wildman–Crippen LogP) is -0.866. The van der Waals surface area contributed by atoms with Gasteiger partial charge in [-0.05, 0) is 57.1 Å². The zero-order valence-corrected chi connectivity index (χ0v) is 25.6. The number of carbonyl (C=O) groups excluding carboxylic acids is 5. The molecule has 1 aromatic rings. The van der Waals surface area contributed by atoms with Gasteiger partial charge >= 0.3 is 6.18 Å². The van der Waals surface area contributed by atoms with Crippen molar-refractivity contribution in [3.05, 3.63) is 28.3 Å². The van der Waals surface area contributed by atoms with Gasteiger partial charge in [0.15, 0.2) is 34.7 Å². The van der Waals surface area contributed by atoms with Gasteiger partial charge in [-0.15, -0.1) is 0 Å². The van der Waals surface area contributed by atoms with Crippen molar-refractivity contribution in [2.24, 2.45) is 29.4 Å². The molecule has 17 heteroatoms. The topological polar surface area (TPSA) is 196 Å². The minimum Gasteiger partial charge on any atom is -0.507 e. The molecular formula is C28H33F3N4O9S. The molecule has 1 heterocycles. The molecule has 0 radical (unpaired) electrons. The van der Waals surface area contributed by atoms with Gasteiger partial charge in [0.2, 0.25) is 15.9 Å². The molecule has 7 atom stereocenters. The third-order valence-corrected chi connectivity index (χ3v) is 11.1. The van der Waals surface area contributed by atoms with Crippen LogP contribution < -0.4 is 5.73 Å². The van der Waals surface area contributed by atoms with Crippen LogP contribution in [0, 0.1) is 23.7 Å². The molecule has 1 aliphatic heterocycles. The Hall–Kier alpha value is -3.25. The van der Waals surface area contributed by atoms with E-state index in [4.69, 9.17) is 5.73 Å². The van der Waals surface area contributed by atoms with Gasteiger partial charge in [-0.3, -0.25) is 33.8 Å². The Labute approximate surface area is 256 Å². The van der Waals surface area contributed by atoms with E-state index in [-0.39, 0.29) is 19.6 Å². The molecule has 5 rings (SSSR count). The van der Waals surface area contributed by atoms with Gasteiger partial charge in [0.1, 0.15) is 5.75 Å². The maximum atomic E-state index is 14.9. The Kier molecular flexibility index (Phi) is 7.84. The number of piperazine rings is 1. The molecule has 4 N–H and O–H groups in total. The maximum Gasteiger partial charge on any atom is 0.417 e. The first-order valence-corrected chi connectivity index (χ1v) is 15.9. The number of likely N-dealkylation sites (N-methyl/N-ethyl adjacent to an activating group) is 2. The van der Waals surface area contributed by atoms with Gasteiger partial charge in [0.05, 0.1) is 29.3 Å². The van der Waals surface area contributed by atoms with Crippen LogP contribution in [0.25, 0.3) is 0 Å². The van der Waals surface area contributed by atoms with E-state index >= 15 is 0 Å². The van der Waals surface area contributed by atoms with Gasteiger partial charge in [0.25, 0.3) is 0 Å². The van der Waals surface area contributed by atoms with Gasteiger partial charge in [0, 0.05) is 31.6 Å². The first-order valence-electron chi connectivity index (χ1n) is 14.1. The molecule has 1 saturated heterocycles. The summed E-state index contributed by atoms with van der Waals surface area (Å²) in [6.45, 7) is -0.259. The van der Waals surface area contributed by atoms with Crippen LogP contribution in [0.2, 0.25) is 0 Å². The number of primary amides is 1. The first-order chi connectivity index (χ1) is 20.6. The van der Waals surface area contributed by atoms with Crippen LogP contribution >= 0.6 is 0 Å². The van der Waals surface area contributed by atoms with E-state index in [0.717, 1.165) is 16.6 Å². The van der Waals surface area contributed by atoms with E-state index in [1.54, 1.807) is 0 Å². The molecule has 246 valence electrons. The summed E-state index contributed by atoms with van der Waals surface area (Å²) in [6.07, 6.45) is -5.17. The minimum atomic E-state index is -5.09. The summed E-state index contributed by atoms with van der Waals surface area (Å²) in [6, 6.07) is -1.83. The molecule has 0 spiro atoms. The van der Waals surface area contributed by atoms with Crippen molar-refractivity contribution in [3.8, 4) is 5.75 Å². The lowest BCUT2D eigenvalue weighted by molar-refractivity contribution is -0.181. The molecule has 7 unspecified atom stereocenters.